The Morgan fingerprint density at radius 3 is 2.73 bits per heavy atom. The maximum absolute atomic E-state index is 13.3. The van der Waals surface area contributed by atoms with Crippen molar-refractivity contribution in [3.05, 3.63) is 46.2 Å². The first-order valence-electron chi connectivity index (χ1n) is 4.81. The highest BCUT2D eigenvalue weighted by molar-refractivity contribution is 9.10. The molecule has 0 saturated carbocycles. The van der Waals surface area contributed by atoms with Crippen molar-refractivity contribution in [2.24, 2.45) is 0 Å². The summed E-state index contributed by atoms with van der Waals surface area (Å²) in [7, 11) is 1.87. The second-order valence-electron chi connectivity index (χ2n) is 3.68. The molecule has 0 fully saturated rings. The van der Waals surface area contributed by atoms with Crippen LogP contribution in [0.5, 0.6) is 0 Å². The molecular formula is C12H15BrFN. The van der Waals surface area contributed by atoms with Gasteiger partial charge in [0.25, 0.3) is 0 Å². The largest absolute Gasteiger partial charge is 0.313 e. The molecule has 1 unspecified atom stereocenters. The third-order valence-corrected chi connectivity index (χ3v) is 2.89. The van der Waals surface area contributed by atoms with Crippen molar-refractivity contribution in [2.45, 2.75) is 19.4 Å². The van der Waals surface area contributed by atoms with E-state index in [2.05, 4.69) is 27.8 Å². The summed E-state index contributed by atoms with van der Waals surface area (Å²) < 4.78 is 13.8. The average molecular weight is 272 g/mol. The van der Waals surface area contributed by atoms with Crippen LogP contribution in [-0.4, -0.2) is 7.05 Å². The summed E-state index contributed by atoms with van der Waals surface area (Å²) in [6.45, 7) is 5.84. The van der Waals surface area contributed by atoms with Crippen LogP contribution in [0.4, 0.5) is 4.39 Å². The minimum absolute atomic E-state index is 0.130. The summed E-state index contributed by atoms with van der Waals surface area (Å²) in [5.41, 5.74) is 2.03. The minimum Gasteiger partial charge on any atom is -0.313 e. The summed E-state index contributed by atoms with van der Waals surface area (Å²) in [5.74, 6) is -0.227. The molecule has 15 heavy (non-hydrogen) atoms. The molecule has 1 atom stereocenters. The molecule has 0 aromatic heterocycles. The van der Waals surface area contributed by atoms with Gasteiger partial charge in [-0.05, 0) is 54.0 Å². The fourth-order valence-corrected chi connectivity index (χ4v) is 1.71. The summed E-state index contributed by atoms with van der Waals surface area (Å²) in [6, 6.07) is 5.32. The highest BCUT2D eigenvalue weighted by Crippen LogP contribution is 2.24. The molecule has 1 aromatic rings. The first-order chi connectivity index (χ1) is 7.04. The SMILES string of the molecule is C=C(C)CC(NC)c1ccc(Br)c(F)c1. The van der Waals surface area contributed by atoms with E-state index < -0.39 is 0 Å². The number of hydrogen-bond acceptors (Lipinski definition) is 1. The molecule has 0 saturated heterocycles. The van der Waals surface area contributed by atoms with Gasteiger partial charge in [0.15, 0.2) is 0 Å². The molecule has 1 N–H and O–H groups in total. The zero-order valence-electron chi connectivity index (χ0n) is 8.98. The fraction of sp³-hybridized carbons (Fsp3) is 0.333. The van der Waals surface area contributed by atoms with Crippen LogP contribution < -0.4 is 5.32 Å². The van der Waals surface area contributed by atoms with Gasteiger partial charge in [0.1, 0.15) is 5.82 Å². The van der Waals surface area contributed by atoms with E-state index in [0.29, 0.717) is 4.47 Å². The van der Waals surface area contributed by atoms with Crippen LogP contribution in [0.25, 0.3) is 0 Å². The Balaban J connectivity index is 2.92. The second kappa shape index (κ2) is 5.42. The molecule has 1 nitrogen and oxygen atoms in total. The smallest absolute Gasteiger partial charge is 0.137 e. The second-order valence-corrected chi connectivity index (χ2v) is 4.53. The first kappa shape index (κ1) is 12.4. The number of benzene rings is 1. The fourth-order valence-electron chi connectivity index (χ4n) is 1.46. The summed E-state index contributed by atoms with van der Waals surface area (Å²) in [6.07, 6.45) is 0.817. The molecule has 82 valence electrons. The molecule has 0 aliphatic heterocycles. The van der Waals surface area contributed by atoms with Gasteiger partial charge in [-0.1, -0.05) is 11.6 Å². The van der Waals surface area contributed by atoms with Gasteiger partial charge in [0.05, 0.1) is 4.47 Å². The van der Waals surface area contributed by atoms with Gasteiger partial charge < -0.3 is 5.32 Å². The van der Waals surface area contributed by atoms with Crippen LogP contribution >= 0.6 is 15.9 Å². The average Bonchev–Trinajstić information content (AvgIpc) is 2.18. The molecule has 0 aliphatic rings. The predicted molar refractivity (Wildman–Crippen MR) is 65.3 cm³/mol. The van der Waals surface area contributed by atoms with E-state index in [1.807, 2.05) is 20.0 Å². The van der Waals surface area contributed by atoms with Gasteiger partial charge >= 0.3 is 0 Å². The molecule has 0 amide bonds. The number of rotatable bonds is 4. The van der Waals surface area contributed by atoms with Gasteiger partial charge in [-0.2, -0.15) is 0 Å². The van der Waals surface area contributed by atoms with Crippen molar-refractivity contribution < 1.29 is 4.39 Å². The third kappa shape index (κ3) is 3.43. The zero-order chi connectivity index (χ0) is 11.4. The Morgan fingerprint density at radius 2 is 2.27 bits per heavy atom. The molecule has 1 rings (SSSR count). The molecular weight excluding hydrogens is 257 g/mol. The van der Waals surface area contributed by atoms with E-state index in [0.717, 1.165) is 17.6 Å². The summed E-state index contributed by atoms with van der Waals surface area (Å²) in [5, 5.41) is 3.15. The van der Waals surface area contributed by atoms with Crippen molar-refractivity contribution >= 4 is 15.9 Å². The number of nitrogens with one attached hydrogen (secondary N) is 1. The van der Waals surface area contributed by atoms with Crippen molar-refractivity contribution in [2.75, 3.05) is 7.05 Å². The minimum atomic E-state index is -0.227. The normalized spacial score (nSPS) is 12.5. The molecule has 0 heterocycles. The van der Waals surface area contributed by atoms with Gasteiger partial charge in [-0.15, -0.1) is 6.58 Å². The van der Waals surface area contributed by atoms with Crippen LogP contribution in [0.3, 0.4) is 0 Å². The van der Waals surface area contributed by atoms with E-state index in [-0.39, 0.29) is 11.9 Å². The lowest BCUT2D eigenvalue weighted by Gasteiger charge is -2.16. The van der Waals surface area contributed by atoms with E-state index in [1.54, 1.807) is 12.1 Å². The van der Waals surface area contributed by atoms with E-state index in [1.165, 1.54) is 0 Å². The highest BCUT2D eigenvalue weighted by atomic mass is 79.9. The van der Waals surface area contributed by atoms with Crippen LogP contribution in [0, 0.1) is 5.82 Å². The van der Waals surface area contributed by atoms with Gasteiger partial charge in [-0.3, -0.25) is 0 Å². The molecule has 0 bridgehead atoms. The van der Waals surface area contributed by atoms with Gasteiger partial charge in [0, 0.05) is 6.04 Å². The standard InChI is InChI=1S/C12H15BrFN/c1-8(2)6-12(15-3)9-4-5-10(13)11(14)7-9/h4-5,7,12,15H,1,6H2,2-3H3. The molecule has 0 radical (unpaired) electrons. The topological polar surface area (TPSA) is 12.0 Å². The van der Waals surface area contributed by atoms with E-state index in [4.69, 9.17) is 0 Å². The zero-order valence-corrected chi connectivity index (χ0v) is 10.6. The van der Waals surface area contributed by atoms with Gasteiger partial charge in [-0.25, -0.2) is 4.39 Å². The Bertz CT molecular complexity index is 363. The van der Waals surface area contributed by atoms with Crippen LogP contribution in [0.15, 0.2) is 34.8 Å². The lowest BCUT2D eigenvalue weighted by atomic mass is 10.0. The Labute approximate surface area is 98.5 Å². The first-order valence-corrected chi connectivity index (χ1v) is 5.60. The maximum Gasteiger partial charge on any atom is 0.137 e. The highest BCUT2D eigenvalue weighted by Gasteiger charge is 2.11. The van der Waals surface area contributed by atoms with Crippen molar-refractivity contribution in [3.8, 4) is 0 Å². The lowest BCUT2D eigenvalue weighted by Crippen LogP contribution is -2.16. The van der Waals surface area contributed by atoms with Crippen molar-refractivity contribution in [1.29, 1.82) is 0 Å². The Hall–Kier alpha value is -0.670. The number of halogens is 2. The third-order valence-electron chi connectivity index (χ3n) is 2.25. The summed E-state index contributed by atoms with van der Waals surface area (Å²) >= 11 is 3.14. The van der Waals surface area contributed by atoms with Crippen molar-refractivity contribution in [3.63, 3.8) is 0 Å². The Kier molecular flexibility index (Phi) is 4.48. The van der Waals surface area contributed by atoms with Crippen LogP contribution in [0.2, 0.25) is 0 Å². The lowest BCUT2D eigenvalue weighted by molar-refractivity contribution is 0.574. The Morgan fingerprint density at radius 1 is 1.60 bits per heavy atom. The quantitative estimate of drug-likeness (QED) is 0.822. The molecule has 0 spiro atoms. The summed E-state index contributed by atoms with van der Waals surface area (Å²) in [4.78, 5) is 0. The van der Waals surface area contributed by atoms with Gasteiger partial charge in [0.2, 0.25) is 0 Å². The predicted octanol–water partition coefficient (Wildman–Crippen LogP) is 3.81. The number of hydrogen-bond donors (Lipinski definition) is 1. The van der Waals surface area contributed by atoms with Crippen molar-refractivity contribution in [1.82, 2.24) is 5.32 Å². The molecule has 1 aromatic carbocycles. The van der Waals surface area contributed by atoms with Crippen LogP contribution in [0.1, 0.15) is 24.9 Å². The maximum atomic E-state index is 13.3. The molecule has 0 aliphatic carbocycles. The van der Waals surface area contributed by atoms with E-state index in [9.17, 15) is 4.39 Å². The molecule has 3 heteroatoms. The monoisotopic (exact) mass is 271 g/mol. The van der Waals surface area contributed by atoms with E-state index >= 15 is 0 Å². The van der Waals surface area contributed by atoms with Crippen LogP contribution in [-0.2, 0) is 0 Å².